The zero-order valence-electron chi connectivity index (χ0n) is 9.75. The molecule has 1 amide bonds. The molecule has 88 valence electrons. The molecule has 2 heterocycles. The van der Waals surface area contributed by atoms with E-state index in [1.54, 1.807) is 11.3 Å². The molecule has 2 N–H and O–H groups in total. The van der Waals surface area contributed by atoms with Crippen molar-refractivity contribution in [1.82, 2.24) is 10.6 Å². The number of hydrogen-bond donors (Lipinski definition) is 2. The summed E-state index contributed by atoms with van der Waals surface area (Å²) in [6, 6.07) is 4.28. The largest absolute Gasteiger partial charge is 0.347 e. The Kier molecular flexibility index (Phi) is 3.61. The molecule has 1 aliphatic rings. The van der Waals surface area contributed by atoms with Gasteiger partial charge in [0, 0.05) is 17.5 Å². The Balaban J connectivity index is 1.97. The highest BCUT2D eigenvalue weighted by Gasteiger charge is 2.18. The van der Waals surface area contributed by atoms with Crippen molar-refractivity contribution >= 4 is 17.2 Å². The van der Waals surface area contributed by atoms with Crippen LogP contribution in [0.2, 0.25) is 0 Å². The first-order chi connectivity index (χ1) is 7.66. The average Bonchev–Trinajstić information content (AvgIpc) is 2.86. The molecule has 2 rings (SSSR count). The minimum Gasteiger partial charge on any atom is -0.347 e. The summed E-state index contributed by atoms with van der Waals surface area (Å²) in [5.41, 5.74) is 0. The number of carbonyl (C=O) groups is 1. The number of thiophene rings is 1. The Labute approximate surface area is 100 Å². The molecule has 0 spiro atoms. The van der Waals surface area contributed by atoms with Gasteiger partial charge in [0.2, 0.25) is 0 Å². The van der Waals surface area contributed by atoms with Crippen molar-refractivity contribution < 1.29 is 4.79 Å². The van der Waals surface area contributed by atoms with Crippen LogP contribution in [0.25, 0.3) is 0 Å². The number of amides is 1. The van der Waals surface area contributed by atoms with E-state index in [-0.39, 0.29) is 5.91 Å². The number of rotatable bonds is 3. The summed E-state index contributed by atoms with van der Waals surface area (Å²) in [5.74, 6) is 0.574. The normalized spacial score (nSPS) is 20.3. The molecule has 0 aliphatic carbocycles. The fourth-order valence-electron chi connectivity index (χ4n) is 1.82. The van der Waals surface area contributed by atoms with Gasteiger partial charge in [-0.3, -0.25) is 4.79 Å². The maximum atomic E-state index is 11.9. The van der Waals surface area contributed by atoms with Gasteiger partial charge >= 0.3 is 0 Å². The van der Waals surface area contributed by atoms with Crippen LogP contribution in [0, 0.1) is 0 Å². The molecule has 1 aromatic rings. The van der Waals surface area contributed by atoms with E-state index in [0.717, 1.165) is 24.4 Å². The molecule has 1 aliphatic heterocycles. The number of nitrogens with one attached hydrogen (secondary N) is 2. The van der Waals surface area contributed by atoms with Crippen molar-refractivity contribution in [3.63, 3.8) is 0 Å². The molecule has 1 unspecified atom stereocenters. The lowest BCUT2D eigenvalue weighted by Crippen LogP contribution is -2.35. The third-order valence-corrected chi connectivity index (χ3v) is 4.20. The topological polar surface area (TPSA) is 41.1 Å². The third kappa shape index (κ3) is 2.62. The molecule has 1 saturated heterocycles. The summed E-state index contributed by atoms with van der Waals surface area (Å²) in [7, 11) is 0. The quantitative estimate of drug-likeness (QED) is 0.845. The first-order valence-electron chi connectivity index (χ1n) is 5.78. The van der Waals surface area contributed by atoms with Crippen LogP contribution >= 0.6 is 11.3 Å². The average molecular weight is 238 g/mol. The summed E-state index contributed by atoms with van der Waals surface area (Å²) < 4.78 is 0. The highest BCUT2D eigenvalue weighted by atomic mass is 32.1. The zero-order chi connectivity index (χ0) is 11.5. The molecule has 0 saturated carbocycles. The summed E-state index contributed by atoms with van der Waals surface area (Å²) >= 11 is 1.60. The predicted molar refractivity (Wildman–Crippen MR) is 67.1 cm³/mol. The minimum absolute atomic E-state index is 0.0746. The van der Waals surface area contributed by atoms with Gasteiger partial charge in [-0.2, -0.15) is 0 Å². The Morgan fingerprint density at radius 3 is 2.94 bits per heavy atom. The molecular weight excluding hydrogens is 220 g/mol. The van der Waals surface area contributed by atoms with E-state index < -0.39 is 0 Å². The van der Waals surface area contributed by atoms with Gasteiger partial charge in [-0.25, -0.2) is 0 Å². The first kappa shape index (κ1) is 11.6. The first-order valence-corrected chi connectivity index (χ1v) is 6.60. The van der Waals surface area contributed by atoms with Gasteiger partial charge in [0.15, 0.2) is 0 Å². The monoisotopic (exact) mass is 238 g/mol. The fraction of sp³-hybridized carbons (Fsp3) is 0.583. The van der Waals surface area contributed by atoms with Crippen LogP contribution in [0.15, 0.2) is 12.1 Å². The lowest BCUT2D eigenvalue weighted by Gasteiger charge is -2.09. The molecule has 1 atom stereocenters. The van der Waals surface area contributed by atoms with E-state index in [4.69, 9.17) is 0 Å². The predicted octanol–water partition coefficient (Wildman–Crippen LogP) is 1.96. The van der Waals surface area contributed by atoms with E-state index in [2.05, 4.69) is 30.5 Å². The van der Waals surface area contributed by atoms with Gasteiger partial charge in [-0.1, -0.05) is 13.8 Å². The fourth-order valence-corrected chi connectivity index (χ4v) is 2.73. The molecule has 1 fully saturated rings. The molecular formula is C12H18N2OS. The molecule has 0 aromatic carbocycles. The zero-order valence-corrected chi connectivity index (χ0v) is 10.6. The van der Waals surface area contributed by atoms with E-state index >= 15 is 0 Å². The van der Waals surface area contributed by atoms with Crippen molar-refractivity contribution in [1.29, 1.82) is 0 Å². The Morgan fingerprint density at radius 1 is 1.56 bits per heavy atom. The lowest BCUT2D eigenvalue weighted by molar-refractivity contribution is 0.0944. The van der Waals surface area contributed by atoms with Gasteiger partial charge in [0.1, 0.15) is 0 Å². The summed E-state index contributed by atoms with van der Waals surface area (Å²) in [4.78, 5) is 14.0. The molecule has 1 aromatic heterocycles. The van der Waals surface area contributed by atoms with Crippen molar-refractivity contribution in [3.05, 3.63) is 21.9 Å². The van der Waals surface area contributed by atoms with Crippen LogP contribution < -0.4 is 10.6 Å². The van der Waals surface area contributed by atoms with Gasteiger partial charge in [-0.05, 0) is 31.0 Å². The summed E-state index contributed by atoms with van der Waals surface area (Å²) in [6.07, 6.45) is 1.04. The Morgan fingerprint density at radius 2 is 2.38 bits per heavy atom. The second-order valence-electron chi connectivity index (χ2n) is 4.52. The SMILES string of the molecule is CC(C)c1ccc(C(=O)NC2CCNC2)s1. The lowest BCUT2D eigenvalue weighted by atomic mass is 10.2. The molecule has 0 radical (unpaired) electrons. The molecule has 4 heteroatoms. The second-order valence-corrected chi connectivity index (χ2v) is 5.64. The Hall–Kier alpha value is -0.870. The number of carbonyl (C=O) groups excluding carboxylic acids is 1. The Bertz CT molecular complexity index is 367. The van der Waals surface area contributed by atoms with Crippen LogP contribution in [0.1, 0.15) is 40.7 Å². The van der Waals surface area contributed by atoms with Gasteiger partial charge in [-0.15, -0.1) is 11.3 Å². The van der Waals surface area contributed by atoms with Crippen molar-refractivity contribution in [2.75, 3.05) is 13.1 Å². The smallest absolute Gasteiger partial charge is 0.261 e. The standard InChI is InChI=1S/C12H18N2OS/c1-8(2)10-3-4-11(16-10)12(15)14-9-5-6-13-7-9/h3-4,8-9,13H,5-7H2,1-2H3,(H,14,15). The van der Waals surface area contributed by atoms with Crippen molar-refractivity contribution in [2.45, 2.75) is 32.2 Å². The maximum absolute atomic E-state index is 11.9. The van der Waals surface area contributed by atoms with Crippen molar-refractivity contribution in [2.24, 2.45) is 0 Å². The van der Waals surface area contributed by atoms with Gasteiger partial charge < -0.3 is 10.6 Å². The number of hydrogen-bond acceptors (Lipinski definition) is 3. The molecule has 3 nitrogen and oxygen atoms in total. The van der Waals surface area contributed by atoms with E-state index in [1.165, 1.54) is 4.88 Å². The van der Waals surface area contributed by atoms with Crippen LogP contribution in [-0.2, 0) is 0 Å². The minimum atomic E-state index is 0.0746. The van der Waals surface area contributed by atoms with E-state index in [1.807, 2.05) is 6.07 Å². The van der Waals surface area contributed by atoms with Crippen LogP contribution in [0.4, 0.5) is 0 Å². The maximum Gasteiger partial charge on any atom is 0.261 e. The summed E-state index contributed by atoms with van der Waals surface area (Å²) in [6.45, 7) is 6.20. The third-order valence-electron chi connectivity index (χ3n) is 2.82. The highest BCUT2D eigenvalue weighted by Crippen LogP contribution is 2.24. The second kappa shape index (κ2) is 4.97. The van der Waals surface area contributed by atoms with E-state index in [0.29, 0.717) is 12.0 Å². The van der Waals surface area contributed by atoms with Crippen LogP contribution in [-0.4, -0.2) is 25.0 Å². The van der Waals surface area contributed by atoms with Crippen LogP contribution in [0.5, 0.6) is 0 Å². The van der Waals surface area contributed by atoms with Crippen LogP contribution in [0.3, 0.4) is 0 Å². The van der Waals surface area contributed by atoms with Crippen molar-refractivity contribution in [3.8, 4) is 0 Å². The van der Waals surface area contributed by atoms with Gasteiger partial charge in [0.05, 0.1) is 4.88 Å². The molecule has 16 heavy (non-hydrogen) atoms. The van der Waals surface area contributed by atoms with Gasteiger partial charge in [0.25, 0.3) is 5.91 Å². The van der Waals surface area contributed by atoms with E-state index in [9.17, 15) is 4.79 Å². The summed E-state index contributed by atoms with van der Waals surface area (Å²) in [5, 5.41) is 6.30. The molecule has 0 bridgehead atoms. The highest BCUT2D eigenvalue weighted by molar-refractivity contribution is 7.14.